The van der Waals surface area contributed by atoms with Gasteiger partial charge in [0.15, 0.2) is 5.96 Å². The number of hydrogen-bond acceptors (Lipinski definition) is 4. The Morgan fingerprint density at radius 1 is 1.23 bits per heavy atom. The fourth-order valence-corrected chi connectivity index (χ4v) is 2.89. The first-order chi connectivity index (χ1) is 12.3. The van der Waals surface area contributed by atoms with Gasteiger partial charge in [0.05, 0.1) is 6.54 Å². The van der Waals surface area contributed by atoms with Crippen molar-refractivity contribution in [2.75, 3.05) is 44.3 Å². The van der Waals surface area contributed by atoms with Gasteiger partial charge in [0, 0.05) is 45.6 Å². The summed E-state index contributed by atoms with van der Waals surface area (Å²) in [7, 11) is 0. The van der Waals surface area contributed by atoms with Crippen LogP contribution in [-0.4, -0.2) is 50.3 Å². The van der Waals surface area contributed by atoms with Gasteiger partial charge in [-0.2, -0.15) is 0 Å². The van der Waals surface area contributed by atoms with E-state index < -0.39 is 0 Å². The number of aromatic nitrogens is 1. The van der Waals surface area contributed by atoms with Crippen molar-refractivity contribution >= 4 is 35.8 Å². The lowest BCUT2D eigenvalue weighted by Gasteiger charge is -2.27. The predicted molar refractivity (Wildman–Crippen MR) is 120 cm³/mol. The van der Waals surface area contributed by atoms with E-state index in [1.807, 2.05) is 13.1 Å². The Labute approximate surface area is 175 Å². The molecule has 0 atom stereocenters. The van der Waals surface area contributed by atoms with Crippen LogP contribution in [0.4, 0.5) is 5.82 Å². The van der Waals surface area contributed by atoms with Crippen LogP contribution in [-0.2, 0) is 11.3 Å². The third-order valence-electron chi connectivity index (χ3n) is 4.22. The summed E-state index contributed by atoms with van der Waals surface area (Å²) in [5.74, 6) is 1.94. The first-order valence-corrected chi connectivity index (χ1v) is 9.63. The molecule has 0 spiro atoms. The summed E-state index contributed by atoms with van der Waals surface area (Å²) in [6.07, 6.45) is 6.74. The van der Waals surface area contributed by atoms with E-state index in [1.54, 1.807) is 0 Å². The summed E-state index contributed by atoms with van der Waals surface area (Å²) >= 11 is 0. The molecule has 0 radical (unpaired) electrons. The van der Waals surface area contributed by atoms with Crippen LogP contribution in [0.1, 0.15) is 45.1 Å². The third-order valence-corrected chi connectivity index (χ3v) is 4.22. The Kier molecular flexibility index (Phi) is 12.4. The minimum atomic E-state index is 0. The van der Waals surface area contributed by atoms with Crippen LogP contribution in [0.3, 0.4) is 0 Å². The number of pyridine rings is 1. The Morgan fingerprint density at radius 3 is 2.77 bits per heavy atom. The molecule has 1 aromatic heterocycles. The number of anilines is 1. The van der Waals surface area contributed by atoms with E-state index in [1.165, 1.54) is 24.8 Å². The SMILES string of the molecule is CCNC(=NCc1ccnc(N2CCCCC2)c1)NCCCOCC.I. The summed E-state index contributed by atoms with van der Waals surface area (Å²) in [6, 6.07) is 4.23. The molecule has 0 unspecified atom stereocenters. The number of rotatable bonds is 9. The molecule has 1 fully saturated rings. The minimum Gasteiger partial charge on any atom is -0.382 e. The van der Waals surface area contributed by atoms with Crippen LogP contribution in [0.15, 0.2) is 23.3 Å². The van der Waals surface area contributed by atoms with E-state index in [4.69, 9.17) is 9.73 Å². The van der Waals surface area contributed by atoms with E-state index >= 15 is 0 Å². The van der Waals surface area contributed by atoms with E-state index in [9.17, 15) is 0 Å². The van der Waals surface area contributed by atoms with E-state index in [-0.39, 0.29) is 24.0 Å². The van der Waals surface area contributed by atoms with Gasteiger partial charge in [0.2, 0.25) is 0 Å². The number of hydrogen-bond donors (Lipinski definition) is 2. The Bertz CT molecular complexity index is 520. The highest BCUT2D eigenvalue weighted by atomic mass is 127. The van der Waals surface area contributed by atoms with Crippen molar-refractivity contribution in [2.24, 2.45) is 4.99 Å². The van der Waals surface area contributed by atoms with Gasteiger partial charge in [-0.1, -0.05) is 0 Å². The van der Waals surface area contributed by atoms with Crippen molar-refractivity contribution in [3.8, 4) is 0 Å². The number of guanidine groups is 1. The summed E-state index contributed by atoms with van der Waals surface area (Å²) < 4.78 is 5.36. The summed E-state index contributed by atoms with van der Waals surface area (Å²) in [5, 5.41) is 6.65. The molecule has 0 aromatic carbocycles. The molecule has 26 heavy (non-hydrogen) atoms. The molecule has 0 amide bonds. The molecule has 1 aromatic rings. The van der Waals surface area contributed by atoms with Crippen LogP contribution in [0, 0.1) is 0 Å². The van der Waals surface area contributed by atoms with Gasteiger partial charge < -0.3 is 20.3 Å². The quantitative estimate of drug-likeness (QED) is 0.249. The molecule has 7 heteroatoms. The molecular weight excluding hydrogens is 441 g/mol. The van der Waals surface area contributed by atoms with Gasteiger partial charge in [-0.15, -0.1) is 24.0 Å². The maximum Gasteiger partial charge on any atom is 0.191 e. The summed E-state index contributed by atoms with van der Waals surface area (Å²) in [6.45, 7) is 10.3. The number of ether oxygens (including phenoxy) is 1. The zero-order valence-electron chi connectivity index (χ0n) is 16.2. The molecule has 1 saturated heterocycles. The van der Waals surface area contributed by atoms with Gasteiger partial charge in [-0.3, -0.25) is 0 Å². The number of nitrogens with one attached hydrogen (secondary N) is 2. The monoisotopic (exact) mass is 475 g/mol. The topological polar surface area (TPSA) is 61.8 Å². The van der Waals surface area contributed by atoms with Gasteiger partial charge in [-0.05, 0) is 57.2 Å². The largest absolute Gasteiger partial charge is 0.382 e. The van der Waals surface area contributed by atoms with Gasteiger partial charge >= 0.3 is 0 Å². The molecule has 1 aliphatic rings. The molecule has 1 aliphatic heterocycles. The fourth-order valence-electron chi connectivity index (χ4n) is 2.89. The highest BCUT2D eigenvalue weighted by Crippen LogP contribution is 2.18. The van der Waals surface area contributed by atoms with Gasteiger partial charge in [-0.25, -0.2) is 9.98 Å². The zero-order chi connectivity index (χ0) is 17.7. The molecule has 2 rings (SSSR count). The van der Waals surface area contributed by atoms with Crippen molar-refractivity contribution < 1.29 is 4.74 Å². The number of piperidine rings is 1. The van der Waals surface area contributed by atoms with Crippen LogP contribution in [0.5, 0.6) is 0 Å². The van der Waals surface area contributed by atoms with E-state index in [0.29, 0.717) is 6.54 Å². The van der Waals surface area contributed by atoms with Crippen molar-refractivity contribution in [2.45, 2.75) is 46.1 Å². The highest BCUT2D eigenvalue weighted by Gasteiger charge is 2.12. The standard InChI is InChI=1S/C19H33N5O.HI/c1-3-20-19(22-10-8-14-25-4-2)23-16-17-9-11-21-18(15-17)24-12-6-5-7-13-24;/h9,11,15H,3-8,10,12-14,16H2,1-2H3,(H2,20,22,23);1H. The second-order valence-corrected chi connectivity index (χ2v) is 6.24. The lowest BCUT2D eigenvalue weighted by molar-refractivity contribution is 0.145. The Morgan fingerprint density at radius 2 is 2.04 bits per heavy atom. The molecule has 0 aliphatic carbocycles. The zero-order valence-corrected chi connectivity index (χ0v) is 18.5. The molecule has 0 bridgehead atoms. The number of halogens is 1. The second kappa shape index (κ2) is 14.0. The smallest absolute Gasteiger partial charge is 0.191 e. The first kappa shape index (κ1) is 23.0. The summed E-state index contributed by atoms with van der Waals surface area (Å²) in [5.41, 5.74) is 1.20. The fraction of sp³-hybridized carbons (Fsp3) is 0.684. The maximum absolute atomic E-state index is 5.36. The Balaban J connectivity index is 0.00000338. The number of nitrogens with zero attached hydrogens (tertiary/aromatic N) is 3. The van der Waals surface area contributed by atoms with Crippen LogP contribution in [0.2, 0.25) is 0 Å². The molecule has 6 nitrogen and oxygen atoms in total. The molecule has 2 N–H and O–H groups in total. The molecule has 0 saturated carbocycles. The van der Waals surface area contributed by atoms with E-state index in [0.717, 1.165) is 57.6 Å². The molecular formula is C19H34IN5O. The van der Waals surface area contributed by atoms with Gasteiger partial charge in [0.1, 0.15) is 5.82 Å². The van der Waals surface area contributed by atoms with Gasteiger partial charge in [0.25, 0.3) is 0 Å². The highest BCUT2D eigenvalue weighted by molar-refractivity contribution is 14.0. The van der Waals surface area contributed by atoms with Crippen molar-refractivity contribution in [1.29, 1.82) is 0 Å². The van der Waals surface area contributed by atoms with Crippen LogP contribution < -0.4 is 15.5 Å². The lowest BCUT2D eigenvalue weighted by atomic mass is 10.1. The third kappa shape index (κ3) is 8.53. The number of aliphatic imine (C=N–C) groups is 1. The normalized spacial score (nSPS) is 14.7. The van der Waals surface area contributed by atoms with Crippen molar-refractivity contribution in [1.82, 2.24) is 15.6 Å². The van der Waals surface area contributed by atoms with E-state index in [2.05, 4.69) is 39.6 Å². The second-order valence-electron chi connectivity index (χ2n) is 6.24. The molecule has 2 heterocycles. The van der Waals surface area contributed by atoms with Crippen molar-refractivity contribution in [3.63, 3.8) is 0 Å². The lowest BCUT2D eigenvalue weighted by Crippen LogP contribution is -2.38. The minimum absolute atomic E-state index is 0. The molecule has 148 valence electrons. The Hall–Kier alpha value is -1.09. The summed E-state index contributed by atoms with van der Waals surface area (Å²) in [4.78, 5) is 11.6. The van der Waals surface area contributed by atoms with Crippen LogP contribution >= 0.6 is 24.0 Å². The van der Waals surface area contributed by atoms with Crippen LogP contribution in [0.25, 0.3) is 0 Å². The average molecular weight is 475 g/mol. The predicted octanol–water partition coefficient (Wildman–Crippen LogP) is 3.17. The first-order valence-electron chi connectivity index (χ1n) is 9.63. The maximum atomic E-state index is 5.36. The average Bonchev–Trinajstić information content (AvgIpc) is 2.67. The van der Waals surface area contributed by atoms with Crippen molar-refractivity contribution in [3.05, 3.63) is 23.9 Å².